The molecule has 10 nitrogen and oxygen atoms in total. The number of unbranched alkanes of at least 4 members (excludes halogenated alkanes) is 1. The third-order valence-corrected chi connectivity index (χ3v) is 6.23. The van der Waals surface area contributed by atoms with Gasteiger partial charge in [-0.2, -0.15) is 11.8 Å². The van der Waals surface area contributed by atoms with Gasteiger partial charge in [0, 0.05) is 17.4 Å². The molecule has 0 spiro atoms. The van der Waals surface area contributed by atoms with Gasteiger partial charge in [-0.1, -0.05) is 6.42 Å². The zero-order chi connectivity index (χ0) is 20.0. The molecule has 0 radical (unpaired) electrons. The number of ether oxygens (including phenoxy) is 1. The first-order valence-electron chi connectivity index (χ1n) is 8.85. The van der Waals surface area contributed by atoms with Gasteiger partial charge < -0.3 is 40.6 Å². The minimum Gasteiger partial charge on any atom is -0.457 e. The first kappa shape index (κ1) is 21.9. The van der Waals surface area contributed by atoms with Gasteiger partial charge in [0.2, 0.25) is 0 Å². The molecule has 7 atom stereocenters. The number of aldehydes is 1. The van der Waals surface area contributed by atoms with Gasteiger partial charge in [-0.15, -0.1) is 0 Å². The van der Waals surface area contributed by atoms with E-state index in [1.165, 1.54) is 0 Å². The Morgan fingerprint density at radius 1 is 1.30 bits per heavy atom. The normalized spacial score (nSPS) is 28.4. The second-order valence-corrected chi connectivity index (χ2v) is 7.96. The van der Waals surface area contributed by atoms with Crippen molar-refractivity contribution in [3.05, 3.63) is 0 Å². The number of aliphatic hydroxyl groups excluding tert-OH is 4. The summed E-state index contributed by atoms with van der Waals surface area (Å²) < 4.78 is 4.95. The zero-order valence-corrected chi connectivity index (χ0v) is 15.5. The summed E-state index contributed by atoms with van der Waals surface area (Å²) in [6.45, 7) is -0.804. The largest absolute Gasteiger partial charge is 0.457 e. The van der Waals surface area contributed by atoms with Crippen molar-refractivity contribution in [1.82, 2.24) is 10.6 Å². The maximum Gasteiger partial charge on any atom is 0.315 e. The van der Waals surface area contributed by atoms with Crippen LogP contribution in [0.1, 0.15) is 25.7 Å². The van der Waals surface area contributed by atoms with Crippen LogP contribution >= 0.6 is 11.8 Å². The number of urea groups is 1. The van der Waals surface area contributed by atoms with E-state index in [-0.39, 0.29) is 36.1 Å². The van der Waals surface area contributed by atoms with E-state index in [1.54, 1.807) is 11.8 Å². The fourth-order valence-corrected chi connectivity index (χ4v) is 4.77. The van der Waals surface area contributed by atoms with Crippen molar-refractivity contribution in [3.63, 3.8) is 0 Å². The van der Waals surface area contributed by atoms with Crippen molar-refractivity contribution in [2.75, 3.05) is 12.4 Å². The van der Waals surface area contributed by atoms with Crippen molar-refractivity contribution in [3.8, 4) is 0 Å². The highest BCUT2D eigenvalue weighted by Crippen LogP contribution is 2.33. The molecule has 154 valence electrons. The predicted octanol–water partition coefficient (Wildman–Crippen LogP) is -2.10. The van der Waals surface area contributed by atoms with Crippen LogP contribution < -0.4 is 10.6 Å². The second kappa shape index (κ2) is 10.2. The fourth-order valence-electron chi connectivity index (χ4n) is 3.22. The van der Waals surface area contributed by atoms with Gasteiger partial charge in [-0.25, -0.2) is 4.79 Å². The van der Waals surface area contributed by atoms with Crippen LogP contribution in [-0.2, 0) is 14.3 Å². The molecule has 2 saturated heterocycles. The van der Waals surface area contributed by atoms with Crippen molar-refractivity contribution < 1.29 is 39.5 Å². The van der Waals surface area contributed by atoms with Crippen LogP contribution in [0.2, 0.25) is 0 Å². The van der Waals surface area contributed by atoms with E-state index in [9.17, 15) is 29.7 Å². The van der Waals surface area contributed by atoms with Crippen LogP contribution in [0.3, 0.4) is 0 Å². The summed E-state index contributed by atoms with van der Waals surface area (Å²) in [4.78, 5) is 33.8. The molecule has 2 rings (SSSR count). The average molecular weight is 406 g/mol. The van der Waals surface area contributed by atoms with Gasteiger partial charge in [0.15, 0.2) is 12.4 Å². The second-order valence-electron chi connectivity index (χ2n) is 6.69. The molecule has 2 aliphatic heterocycles. The Bertz CT molecular complexity index is 537. The Morgan fingerprint density at radius 2 is 2.04 bits per heavy atom. The lowest BCUT2D eigenvalue weighted by atomic mass is 10.0. The lowest BCUT2D eigenvalue weighted by molar-refractivity contribution is -0.175. The molecule has 2 fully saturated rings. The van der Waals surface area contributed by atoms with Crippen molar-refractivity contribution in [2.24, 2.45) is 0 Å². The lowest BCUT2D eigenvalue weighted by Gasteiger charge is -2.27. The first-order valence-corrected chi connectivity index (χ1v) is 9.90. The minimum atomic E-state index is -1.84. The molecule has 2 aliphatic rings. The lowest BCUT2D eigenvalue weighted by Crippen LogP contribution is -2.49. The SMILES string of the molecule is O=C[C@H](O)[C@@H](O)[C@@H](OC(=O)CCCC[C@@H]1SC[C@@H]2NC(=O)N[C@@H]21)[C@H](O)CO. The van der Waals surface area contributed by atoms with Gasteiger partial charge in [-0.3, -0.25) is 4.79 Å². The monoisotopic (exact) mass is 406 g/mol. The molecule has 27 heavy (non-hydrogen) atoms. The first-order chi connectivity index (χ1) is 12.9. The Labute approximate surface area is 160 Å². The molecule has 0 aromatic carbocycles. The summed E-state index contributed by atoms with van der Waals surface area (Å²) in [6.07, 6.45) is -4.78. The van der Waals surface area contributed by atoms with Gasteiger partial charge in [0.05, 0.1) is 18.7 Å². The van der Waals surface area contributed by atoms with E-state index < -0.39 is 37.0 Å². The molecular formula is C16H26N2O8S. The summed E-state index contributed by atoms with van der Waals surface area (Å²) in [5, 5.41) is 43.8. The molecule has 11 heteroatoms. The van der Waals surface area contributed by atoms with Crippen molar-refractivity contribution >= 4 is 30.0 Å². The molecule has 0 aromatic heterocycles. The molecule has 6 N–H and O–H groups in total. The molecule has 0 unspecified atom stereocenters. The number of hydrogen-bond acceptors (Lipinski definition) is 9. The summed E-state index contributed by atoms with van der Waals surface area (Å²) >= 11 is 1.77. The number of carbonyl (C=O) groups excluding carboxylic acids is 3. The van der Waals surface area contributed by atoms with Crippen LogP contribution in [0.15, 0.2) is 0 Å². The quantitative estimate of drug-likeness (QED) is 0.0975. The summed E-state index contributed by atoms with van der Waals surface area (Å²) in [6, 6.07) is 0.0888. The molecule has 0 aromatic rings. The predicted molar refractivity (Wildman–Crippen MR) is 95.0 cm³/mol. The highest BCUT2D eigenvalue weighted by molar-refractivity contribution is 8.00. The topological polar surface area (TPSA) is 165 Å². The number of fused-ring (bicyclic) bond motifs is 1. The van der Waals surface area contributed by atoms with Gasteiger partial charge in [0.25, 0.3) is 0 Å². The smallest absolute Gasteiger partial charge is 0.315 e. The van der Waals surface area contributed by atoms with Gasteiger partial charge in [-0.05, 0) is 12.8 Å². The molecule has 0 bridgehead atoms. The van der Waals surface area contributed by atoms with E-state index in [2.05, 4.69) is 10.6 Å². The van der Waals surface area contributed by atoms with Gasteiger partial charge in [0.1, 0.15) is 18.3 Å². The number of amides is 2. The van der Waals surface area contributed by atoms with E-state index in [1.807, 2.05) is 0 Å². The number of esters is 1. The average Bonchev–Trinajstić information content (AvgIpc) is 3.20. The molecular weight excluding hydrogens is 380 g/mol. The Balaban J connectivity index is 1.72. The Hall–Kier alpha value is -1.40. The van der Waals surface area contributed by atoms with Crippen molar-refractivity contribution in [2.45, 2.75) is 67.4 Å². The standard InChI is InChI=1S/C16H26N2O8S/c19-5-9(21)14(24)15(10(22)6-20)26-12(23)4-2-1-3-11-13-8(7-27-11)17-16(25)18-13/h5,8-11,13-15,20-22,24H,1-4,6-7H2,(H2,17,18,25)/t8-,9-,10+,11-,13-,14+,15-/m0/s1. The third-order valence-electron chi connectivity index (χ3n) is 4.72. The van der Waals surface area contributed by atoms with Crippen LogP contribution in [0.5, 0.6) is 0 Å². The summed E-state index contributed by atoms with van der Waals surface area (Å²) in [5.41, 5.74) is 0. The number of nitrogens with one attached hydrogen (secondary N) is 2. The molecule has 0 saturated carbocycles. The maximum atomic E-state index is 11.9. The third kappa shape index (κ3) is 5.79. The number of rotatable bonds is 11. The number of aliphatic hydroxyl groups is 4. The number of carbonyl (C=O) groups is 3. The van der Waals surface area contributed by atoms with Crippen LogP contribution in [0.4, 0.5) is 4.79 Å². The Morgan fingerprint density at radius 3 is 2.70 bits per heavy atom. The molecule has 0 aliphatic carbocycles. The summed E-state index contributed by atoms with van der Waals surface area (Å²) in [5.74, 6) is 0.144. The van der Waals surface area contributed by atoms with Crippen LogP contribution in [0, 0.1) is 0 Å². The van der Waals surface area contributed by atoms with Crippen LogP contribution in [-0.4, -0.2) is 92.8 Å². The van der Waals surface area contributed by atoms with E-state index in [0.717, 1.165) is 18.6 Å². The van der Waals surface area contributed by atoms with E-state index >= 15 is 0 Å². The van der Waals surface area contributed by atoms with E-state index in [4.69, 9.17) is 9.84 Å². The van der Waals surface area contributed by atoms with Crippen molar-refractivity contribution in [1.29, 1.82) is 0 Å². The molecule has 2 amide bonds. The highest BCUT2D eigenvalue weighted by Gasteiger charge is 2.42. The van der Waals surface area contributed by atoms with E-state index in [0.29, 0.717) is 6.42 Å². The fraction of sp³-hybridized carbons (Fsp3) is 0.812. The summed E-state index contributed by atoms with van der Waals surface area (Å²) in [7, 11) is 0. The number of thioether (sulfide) groups is 1. The highest BCUT2D eigenvalue weighted by atomic mass is 32.2. The number of hydrogen-bond donors (Lipinski definition) is 6. The maximum absolute atomic E-state index is 11.9. The molecule has 2 heterocycles. The van der Waals surface area contributed by atoms with Crippen LogP contribution in [0.25, 0.3) is 0 Å². The minimum absolute atomic E-state index is 0.0225. The Kier molecular flexibility index (Phi) is 8.29. The zero-order valence-electron chi connectivity index (χ0n) is 14.7. The van der Waals surface area contributed by atoms with Gasteiger partial charge >= 0.3 is 12.0 Å².